The molecular formula is C16H21N4OS+. The topological polar surface area (TPSA) is 96.8 Å². The molecule has 3 atom stereocenters. The summed E-state index contributed by atoms with van der Waals surface area (Å²) in [5.74, 6) is 1.30. The van der Waals surface area contributed by atoms with Gasteiger partial charge in [0.2, 0.25) is 0 Å². The van der Waals surface area contributed by atoms with E-state index in [2.05, 4.69) is 17.1 Å². The third-order valence-corrected chi connectivity index (χ3v) is 7.67. The van der Waals surface area contributed by atoms with Crippen LogP contribution in [0.5, 0.6) is 0 Å². The predicted octanol–water partition coefficient (Wildman–Crippen LogP) is 0.619. The second-order valence-corrected chi connectivity index (χ2v) is 8.20. The third kappa shape index (κ3) is 1.18. The van der Waals surface area contributed by atoms with Gasteiger partial charge in [-0.2, -0.15) is 10.5 Å². The summed E-state index contributed by atoms with van der Waals surface area (Å²) in [5.41, 5.74) is 4.25. The summed E-state index contributed by atoms with van der Waals surface area (Å²) in [7, 11) is 0. The molecule has 0 unspecified atom stereocenters. The Hall–Kier alpha value is -1.24. The van der Waals surface area contributed by atoms with Gasteiger partial charge < -0.3 is 4.74 Å². The number of rotatable bonds is 0. The van der Waals surface area contributed by atoms with Crippen LogP contribution in [0.1, 0.15) is 44.9 Å². The predicted molar refractivity (Wildman–Crippen MR) is 82.1 cm³/mol. The fraction of sp³-hybridized carbons (Fsp3) is 0.812. The van der Waals surface area contributed by atoms with Crippen molar-refractivity contribution in [2.45, 2.75) is 50.0 Å². The maximum atomic E-state index is 10.2. The normalized spacial score (nSPS) is 45.5. The number of nitrogens with one attached hydrogen (secondary N) is 1. The number of amidine groups is 1. The van der Waals surface area contributed by atoms with Crippen molar-refractivity contribution in [2.24, 2.45) is 22.0 Å². The van der Waals surface area contributed by atoms with E-state index in [1.807, 2.05) is 0 Å². The summed E-state index contributed by atoms with van der Waals surface area (Å²) >= 11 is 1.62. The van der Waals surface area contributed by atoms with Crippen LogP contribution in [0.4, 0.5) is 0 Å². The van der Waals surface area contributed by atoms with E-state index in [1.54, 1.807) is 11.8 Å². The fourth-order valence-electron chi connectivity index (χ4n) is 5.55. The standard InChI is InChI=1S/C16H20N4OS/c17-10-14-12(19)20-16(21-8-9-22-16)15(14,11-18)13(14)6-4-2-1-3-5-7-13/h1-9H2,(H2,19,20)/p+1/t14-,15+,16-/m1/s1. The number of hydrogen-bond donors (Lipinski definition) is 2. The Kier molecular flexibility index (Phi) is 2.87. The molecule has 2 spiro atoms. The van der Waals surface area contributed by atoms with Crippen molar-refractivity contribution in [1.29, 1.82) is 10.5 Å². The number of hydrogen-bond acceptors (Lipinski definition) is 5. The lowest BCUT2D eigenvalue weighted by Crippen LogP contribution is -2.88. The van der Waals surface area contributed by atoms with Crippen LogP contribution < -0.4 is 10.7 Å². The first kappa shape index (κ1) is 14.4. The van der Waals surface area contributed by atoms with Crippen LogP contribution in [0.15, 0.2) is 0 Å². The Morgan fingerprint density at radius 1 is 1.09 bits per heavy atom. The van der Waals surface area contributed by atoms with E-state index >= 15 is 0 Å². The van der Waals surface area contributed by atoms with Crippen molar-refractivity contribution in [2.75, 3.05) is 12.4 Å². The molecule has 0 amide bonds. The maximum absolute atomic E-state index is 10.2. The van der Waals surface area contributed by atoms with Gasteiger partial charge in [0.05, 0.1) is 18.7 Å². The van der Waals surface area contributed by atoms with E-state index in [0.717, 1.165) is 31.4 Å². The molecule has 4 rings (SSSR count). The lowest BCUT2D eigenvalue weighted by atomic mass is 9.79. The molecule has 2 heterocycles. The molecule has 0 aromatic rings. The van der Waals surface area contributed by atoms with E-state index in [0.29, 0.717) is 12.4 Å². The summed E-state index contributed by atoms with van der Waals surface area (Å²) in [6, 6.07) is 5.02. The second kappa shape index (κ2) is 4.40. The average molecular weight is 317 g/mol. The van der Waals surface area contributed by atoms with Crippen LogP contribution >= 0.6 is 11.8 Å². The van der Waals surface area contributed by atoms with Gasteiger partial charge in [-0.1, -0.05) is 43.9 Å². The van der Waals surface area contributed by atoms with Crippen molar-refractivity contribution < 1.29 is 9.73 Å². The largest absolute Gasteiger partial charge is 0.327 e. The molecule has 2 aliphatic carbocycles. The molecule has 3 N–H and O–H groups in total. The molecule has 0 bridgehead atoms. The molecule has 0 aromatic heterocycles. The molecule has 2 aliphatic heterocycles. The van der Waals surface area contributed by atoms with Crippen LogP contribution in [0, 0.1) is 38.9 Å². The lowest BCUT2D eigenvalue weighted by Gasteiger charge is -2.30. The zero-order valence-electron chi connectivity index (χ0n) is 12.7. The van der Waals surface area contributed by atoms with Gasteiger partial charge in [0.1, 0.15) is 0 Å². The van der Waals surface area contributed by atoms with Crippen LogP contribution in [0.25, 0.3) is 0 Å². The Labute approximate surface area is 134 Å². The smallest absolute Gasteiger partial charge is 0.277 e. The van der Waals surface area contributed by atoms with Gasteiger partial charge >= 0.3 is 0 Å². The number of nitriles is 2. The van der Waals surface area contributed by atoms with Gasteiger partial charge in [-0.25, -0.2) is 4.99 Å². The minimum atomic E-state index is -0.885. The van der Waals surface area contributed by atoms with Gasteiger partial charge in [0.15, 0.2) is 10.8 Å². The van der Waals surface area contributed by atoms with Crippen molar-refractivity contribution >= 4 is 17.6 Å². The first-order valence-electron chi connectivity index (χ1n) is 8.18. The van der Waals surface area contributed by atoms with Gasteiger partial charge in [-0.05, 0) is 12.8 Å². The molecule has 116 valence electrons. The molecule has 6 heteroatoms. The van der Waals surface area contributed by atoms with Crippen LogP contribution in [0.3, 0.4) is 0 Å². The molecule has 5 nitrogen and oxygen atoms in total. The highest BCUT2D eigenvalue weighted by Crippen LogP contribution is 2.87. The zero-order valence-corrected chi connectivity index (χ0v) is 13.5. The van der Waals surface area contributed by atoms with Crippen molar-refractivity contribution in [3.63, 3.8) is 0 Å². The van der Waals surface area contributed by atoms with Gasteiger partial charge in [0.25, 0.3) is 10.9 Å². The highest BCUT2D eigenvalue weighted by molar-refractivity contribution is 8.00. The highest BCUT2D eigenvalue weighted by Gasteiger charge is 3.02. The van der Waals surface area contributed by atoms with Gasteiger partial charge in [-0.15, -0.1) is 0 Å². The Bertz CT molecular complexity index is 619. The SMILES string of the molecule is N#C[C@]12C3(CCCCCCC3)[C@@]1(C#N)C(N)=[NH+][C@@]21OCCS1. The molecule has 2 saturated carbocycles. The highest BCUT2D eigenvalue weighted by atomic mass is 32.2. The summed E-state index contributed by atoms with van der Waals surface area (Å²) in [6.07, 6.45) is 7.56. The van der Waals surface area contributed by atoms with Crippen LogP contribution in [-0.4, -0.2) is 23.3 Å². The average Bonchev–Trinajstić information content (AvgIpc) is 2.74. The Morgan fingerprint density at radius 3 is 2.32 bits per heavy atom. The second-order valence-electron chi connectivity index (χ2n) is 6.93. The lowest BCUT2D eigenvalue weighted by molar-refractivity contribution is -0.585. The van der Waals surface area contributed by atoms with Crippen molar-refractivity contribution in [3.05, 3.63) is 0 Å². The van der Waals surface area contributed by atoms with Gasteiger partial charge in [-0.3, -0.25) is 5.73 Å². The van der Waals surface area contributed by atoms with Crippen molar-refractivity contribution in [3.8, 4) is 12.1 Å². The van der Waals surface area contributed by atoms with E-state index in [9.17, 15) is 10.5 Å². The molecule has 4 aliphatic rings. The minimum Gasteiger partial charge on any atom is -0.327 e. The molecule has 3 fully saturated rings. The summed E-state index contributed by atoms with van der Waals surface area (Å²) in [6.45, 7) is 0.603. The summed E-state index contributed by atoms with van der Waals surface area (Å²) in [5, 5.41) is 19.4. The Morgan fingerprint density at radius 2 is 1.77 bits per heavy atom. The third-order valence-electron chi connectivity index (χ3n) is 6.37. The number of thioether (sulfide) groups is 1. The van der Waals surface area contributed by atoms with Crippen LogP contribution in [0.2, 0.25) is 0 Å². The van der Waals surface area contributed by atoms with E-state index < -0.39 is 15.9 Å². The van der Waals surface area contributed by atoms with Gasteiger partial charge in [0, 0.05) is 11.2 Å². The molecule has 1 saturated heterocycles. The van der Waals surface area contributed by atoms with E-state index in [4.69, 9.17) is 10.5 Å². The molecular weight excluding hydrogens is 296 g/mol. The number of fused-ring (bicyclic) bond motifs is 4. The summed E-state index contributed by atoms with van der Waals surface area (Å²) in [4.78, 5) is 3.21. The number of ether oxygens (including phenoxy) is 1. The maximum Gasteiger partial charge on any atom is 0.277 e. The van der Waals surface area contributed by atoms with E-state index in [1.165, 1.54) is 19.3 Å². The summed E-state index contributed by atoms with van der Waals surface area (Å²) < 4.78 is 6.02. The first-order valence-corrected chi connectivity index (χ1v) is 9.16. The number of nitrogens with zero attached hydrogens (tertiary/aromatic N) is 2. The number of nitrogens with two attached hydrogens (primary N) is 1. The Balaban J connectivity index is 1.89. The van der Waals surface area contributed by atoms with Crippen molar-refractivity contribution in [1.82, 2.24) is 0 Å². The molecule has 0 aromatic carbocycles. The first-order chi connectivity index (χ1) is 10.7. The minimum absolute atomic E-state index is 0.337. The zero-order chi connectivity index (χ0) is 15.5. The molecule has 0 radical (unpaired) electrons. The monoisotopic (exact) mass is 317 g/mol. The van der Waals surface area contributed by atoms with E-state index in [-0.39, 0.29) is 5.41 Å². The quantitative estimate of drug-likeness (QED) is 0.682. The molecule has 22 heavy (non-hydrogen) atoms. The van der Waals surface area contributed by atoms with Crippen LogP contribution in [-0.2, 0) is 4.74 Å². The fourth-order valence-corrected chi connectivity index (χ4v) is 6.97.